The summed E-state index contributed by atoms with van der Waals surface area (Å²) in [4.78, 5) is 7.08. The fourth-order valence-electron chi connectivity index (χ4n) is 1.25. The van der Waals surface area contributed by atoms with Gasteiger partial charge < -0.3 is 0 Å². The lowest BCUT2D eigenvalue weighted by atomic mass is 10.1. The van der Waals surface area contributed by atoms with Crippen LogP contribution in [0.4, 0.5) is 4.39 Å². The average molecular weight is 218 g/mol. The zero-order valence-electron chi connectivity index (χ0n) is 9.57. The third kappa shape index (κ3) is 3.42. The largest absolute Gasteiger partial charge is 0.308 e. The Balaban J connectivity index is 3.08. The van der Waals surface area contributed by atoms with Crippen LogP contribution in [0.15, 0.2) is 42.8 Å². The monoisotopic (exact) mass is 218 g/mol. The number of nitrogens with zero attached hydrogens (tertiary/aromatic N) is 2. The van der Waals surface area contributed by atoms with Gasteiger partial charge in [0.25, 0.3) is 0 Å². The number of halogens is 1. The van der Waals surface area contributed by atoms with Gasteiger partial charge in [-0.25, -0.2) is 9.97 Å². The second-order valence-electron chi connectivity index (χ2n) is 3.40. The van der Waals surface area contributed by atoms with E-state index in [9.17, 15) is 4.39 Å². The van der Waals surface area contributed by atoms with E-state index in [2.05, 4.69) is 16.5 Å². The minimum Gasteiger partial charge on any atom is -0.210 e. The standard InChI is InChI=1S/C13H15FN2/c1-4-6-11(7-10(3)5-2)12-8-15-13(14)16-9-12/h5-9H,2,4H2,1,3H3/b10-7-,11-6+. The van der Waals surface area contributed by atoms with Crippen LogP contribution in [0.5, 0.6) is 0 Å². The fraction of sp³-hybridized carbons (Fsp3) is 0.231. The lowest BCUT2D eigenvalue weighted by molar-refractivity contribution is 0.538. The van der Waals surface area contributed by atoms with Gasteiger partial charge in [-0.05, 0) is 18.9 Å². The molecule has 1 rings (SSSR count). The number of hydrogen-bond acceptors (Lipinski definition) is 2. The van der Waals surface area contributed by atoms with Crippen LogP contribution in [0.3, 0.4) is 0 Å². The van der Waals surface area contributed by atoms with Crippen LogP contribution in [0.2, 0.25) is 0 Å². The maximum absolute atomic E-state index is 12.6. The molecule has 0 spiro atoms. The SMILES string of the molecule is C=C/C(C)=C\C(=C/CC)c1cnc(F)nc1. The van der Waals surface area contributed by atoms with E-state index in [1.54, 1.807) is 6.08 Å². The van der Waals surface area contributed by atoms with Gasteiger partial charge in [0.2, 0.25) is 0 Å². The molecule has 0 amide bonds. The van der Waals surface area contributed by atoms with Crippen molar-refractivity contribution in [1.29, 1.82) is 0 Å². The number of hydrogen-bond donors (Lipinski definition) is 0. The Labute approximate surface area is 95.3 Å². The Kier molecular flexibility index (Phi) is 4.58. The fourth-order valence-corrected chi connectivity index (χ4v) is 1.25. The van der Waals surface area contributed by atoms with Gasteiger partial charge in [-0.15, -0.1) is 0 Å². The molecule has 0 atom stereocenters. The van der Waals surface area contributed by atoms with Crippen LogP contribution < -0.4 is 0 Å². The van der Waals surface area contributed by atoms with E-state index in [0.29, 0.717) is 0 Å². The summed E-state index contributed by atoms with van der Waals surface area (Å²) in [5.41, 5.74) is 2.84. The summed E-state index contributed by atoms with van der Waals surface area (Å²) in [5, 5.41) is 0. The summed E-state index contributed by atoms with van der Waals surface area (Å²) in [6.07, 6.45) is 8.95. The van der Waals surface area contributed by atoms with E-state index in [1.807, 2.05) is 26.0 Å². The van der Waals surface area contributed by atoms with Gasteiger partial charge >= 0.3 is 6.08 Å². The molecule has 0 radical (unpaired) electrons. The molecule has 0 aliphatic heterocycles. The molecule has 84 valence electrons. The zero-order chi connectivity index (χ0) is 12.0. The van der Waals surface area contributed by atoms with Crippen molar-refractivity contribution in [3.8, 4) is 0 Å². The Morgan fingerprint density at radius 3 is 2.56 bits per heavy atom. The molecule has 0 unspecified atom stereocenters. The first kappa shape index (κ1) is 12.3. The highest BCUT2D eigenvalue weighted by molar-refractivity contribution is 5.74. The second-order valence-corrected chi connectivity index (χ2v) is 3.40. The molecule has 0 aliphatic rings. The molecule has 0 aromatic carbocycles. The highest BCUT2D eigenvalue weighted by atomic mass is 19.1. The van der Waals surface area contributed by atoms with Gasteiger partial charge in [-0.2, -0.15) is 4.39 Å². The molecule has 1 heterocycles. The number of aromatic nitrogens is 2. The van der Waals surface area contributed by atoms with Crippen molar-refractivity contribution >= 4 is 5.57 Å². The van der Waals surface area contributed by atoms with Gasteiger partial charge in [-0.3, -0.25) is 0 Å². The van der Waals surface area contributed by atoms with Crippen molar-refractivity contribution in [3.05, 3.63) is 54.4 Å². The molecule has 0 saturated heterocycles. The van der Waals surface area contributed by atoms with E-state index in [-0.39, 0.29) is 0 Å². The van der Waals surface area contributed by atoms with E-state index >= 15 is 0 Å². The molecule has 3 heteroatoms. The van der Waals surface area contributed by atoms with Crippen LogP contribution in [0.1, 0.15) is 25.8 Å². The molecular weight excluding hydrogens is 203 g/mol. The van der Waals surface area contributed by atoms with Gasteiger partial charge in [0, 0.05) is 18.0 Å². The molecule has 0 bridgehead atoms. The number of rotatable bonds is 4. The molecule has 2 nitrogen and oxygen atoms in total. The van der Waals surface area contributed by atoms with Gasteiger partial charge in [0.15, 0.2) is 0 Å². The summed E-state index contributed by atoms with van der Waals surface area (Å²) in [5.74, 6) is 0. The summed E-state index contributed by atoms with van der Waals surface area (Å²) >= 11 is 0. The minimum absolute atomic E-state index is 0.705. The van der Waals surface area contributed by atoms with Crippen molar-refractivity contribution < 1.29 is 4.39 Å². The molecule has 1 aromatic rings. The van der Waals surface area contributed by atoms with E-state index in [1.165, 1.54) is 12.4 Å². The van der Waals surface area contributed by atoms with Crippen molar-refractivity contribution in [1.82, 2.24) is 9.97 Å². The summed E-state index contributed by atoms with van der Waals surface area (Å²) in [6, 6.07) is 0. The van der Waals surface area contributed by atoms with Crippen molar-refractivity contribution in [2.75, 3.05) is 0 Å². The predicted molar refractivity (Wildman–Crippen MR) is 64.2 cm³/mol. The van der Waals surface area contributed by atoms with Gasteiger partial charge in [0.1, 0.15) is 0 Å². The topological polar surface area (TPSA) is 25.8 Å². The maximum Gasteiger partial charge on any atom is 0.308 e. The predicted octanol–water partition coefficient (Wildman–Crippen LogP) is 3.54. The molecule has 0 fully saturated rings. The third-order valence-corrected chi connectivity index (χ3v) is 2.08. The molecular formula is C13H15FN2. The first-order chi connectivity index (χ1) is 7.67. The Hall–Kier alpha value is -1.77. The highest BCUT2D eigenvalue weighted by Gasteiger charge is 2.00. The summed E-state index contributed by atoms with van der Waals surface area (Å²) in [6.45, 7) is 7.70. The molecule has 1 aromatic heterocycles. The lowest BCUT2D eigenvalue weighted by Crippen LogP contribution is -1.91. The third-order valence-electron chi connectivity index (χ3n) is 2.08. The van der Waals surface area contributed by atoms with Crippen molar-refractivity contribution in [2.24, 2.45) is 0 Å². The van der Waals surface area contributed by atoms with Gasteiger partial charge in [-0.1, -0.05) is 37.3 Å². The highest BCUT2D eigenvalue weighted by Crippen LogP contribution is 2.17. The van der Waals surface area contributed by atoms with Crippen LogP contribution in [-0.2, 0) is 0 Å². The van der Waals surface area contributed by atoms with E-state index in [0.717, 1.165) is 23.1 Å². The second kappa shape index (κ2) is 5.95. The maximum atomic E-state index is 12.6. The van der Waals surface area contributed by atoms with Crippen LogP contribution >= 0.6 is 0 Å². The smallest absolute Gasteiger partial charge is 0.210 e. The minimum atomic E-state index is -0.705. The Bertz CT molecular complexity index is 416. The van der Waals surface area contributed by atoms with Crippen LogP contribution in [0.25, 0.3) is 5.57 Å². The first-order valence-corrected chi connectivity index (χ1v) is 5.16. The van der Waals surface area contributed by atoms with E-state index < -0.39 is 6.08 Å². The lowest BCUT2D eigenvalue weighted by Gasteiger charge is -2.02. The van der Waals surface area contributed by atoms with Gasteiger partial charge in [0.05, 0.1) is 0 Å². The average Bonchev–Trinajstić information content (AvgIpc) is 2.29. The van der Waals surface area contributed by atoms with E-state index in [4.69, 9.17) is 0 Å². The summed E-state index contributed by atoms with van der Waals surface area (Å²) in [7, 11) is 0. The molecule has 0 saturated carbocycles. The van der Waals surface area contributed by atoms with Crippen molar-refractivity contribution in [2.45, 2.75) is 20.3 Å². The molecule has 0 N–H and O–H groups in total. The van der Waals surface area contributed by atoms with Crippen LogP contribution in [-0.4, -0.2) is 9.97 Å². The Morgan fingerprint density at radius 2 is 2.06 bits per heavy atom. The molecule has 0 aliphatic carbocycles. The normalized spacial score (nSPS) is 12.7. The van der Waals surface area contributed by atoms with Crippen molar-refractivity contribution in [3.63, 3.8) is 0 Å². The van der Waals surface area contributed by atoms with Crippen LogP contribution in [0, 0.1) is 6.08 Å². The Morgan fingerprint density at radius 1 is 1.44 bits per heavy atom. The number of allylic oxidation sites excluding steroid dienone is 5. The quantitative estimate of drug-likeness (QED) is 0.570. The summed E-state index contributed by atoms with van der Waals surface area (Å²) < 4.78 is 12.6. The molecule has 16 heavy (non-hydrogen) atoms. The zero-order valence-corrected chi connectivity index (χ0v) is 9.57. The first-order valence-electron chi connectivity index (χ1n) is 5.16.